The summed E-state index contributed by atoms with van der Waals surface area (Å²) in [6.07, 6.45) is 3.33. The van der Waals surface area contributed by atoms with E-state index >= 15 is 0 Å². The molecule has 0 amide bonds. The Kier molecular flexibility index (Phi) is 2.69. The smallest absolute Gasteiger partial charge is 0.0736 e. The fourth-order valence-electron chi connectivity index (χ4n) is 0.814. The van der Waals surface area contributed by atoms with Crippen molar-refractivity contribution < 1.29 is 0 Å². The number of hydrogen-bond acceptors (Lipinski definition) is 3. The molecular weight excluding hydrogens is 150 g/mol. The van der Waals surface area contributed by atoms with Crippen molar-refractivity contribution in [3.05, 3.63) is 30.6 Å². The van der Waals surface area contributed by atoms with E-state index in [1.54, 1.807) is 12.4 Å². The highest BCUT2D eigenvalue weighted by Gasteiger charge is 1.95. The molecule has 0 aliphatic rings. The average molecular weight is 163 g/mol. The van der Waals surface area contributed by atoms with Crippen LogP contribution < -0.4 is 11.1 Å². The highest BCUT2D eigenvalue weighted by molar-refractivity contribution is 5.64. The van der Waals surface area contributed by atoms with Crippen molar-refractivity contribution >= 4 is 11.4 Å². The molecule has 0 aliphatic heterocycles. The molecule has 0 aliphatic carbocycles. The van der Waals surface area contributed by atoms with Gasteiger partial charge < -0.3 is 11.1 Å². The van der Waals surface area contributed by atoms with Crippen molar-refractivity contribution in [1.82, 2.24) is 4.98 Å². The molecule has 0 aromatic carbocycles. The number of anilines is 2. The van der Waals surface area contributed by atoms with Crippen LogP contribution in [0, 0.1) is 0 Å². The summed E-state index contributed by atoms with van der Waals surface area (Å²) in [5.74, 6) is 0. The Morgan fingerprint density at radius 1 is 1.75 bits per heavy atom. The molecule has 0 radical (unpaired) electrons. The topological polar surface area (TPSA) is 50.9 Å². The summed E-state index contributed by atoms with van der Waals surface area (Å²) in [4.78, 5) is 3.88. The lowest BCUT2D eigenvalue weighted by Crippen LogP contribution is -2.04. The maximum absolute atomic E-state index is 5.65. The summed E-state index contributed by atoms with van der Waals surface area (Å²) in [7, 11) is 0. The van der Waals surface area contributed by atoms with E-state index in [9.17, 15) is 0 Å². The molecule has 0 atom stereocenters. The number of hydrogen-bond donors (Lipinski definition) is 2. The van der Waals surface area contributed by atoms with Crippen LogP contribution >= 0.6 is 0 Å². The van der Waals surface area contributed by atoms with E-state index in [-0.39, 0.29) is 0 Å². The minimum absolute atomic E-state index is 0.666. The van der Waals surface area contributed by atoms with Crippen molar-refractivity contribution in [3.63, 3.8) is 0 Å². The van der Waals surface area contributed by atoms with Crippen LogP contribution in [0.1, 0.15) is 6.92 Å². The lowest BCUT2D eigenvalue weighted by atomic mass is 10.3. The Labute approximate surface area is 72.3 Å². The zero-order chi connectivity index (χ0) is 8.97. The Hall–Kier alpha value is -1.51. The van der Waals surface area contributed by atoms with Gasteiger partial charge in [0.1, 0.15) is 0 Å². The predicted octanol–water partition coefficient (Wildman–Crippen LogP) is 1.65. The highest BCUT2D eigenvalue weighted by atomic mass is 14.9. The third-order valence-electron chi connectivity index (χ3n) is 1.43. The molecule has 12 heavy (non-hydrogen) atoms. The van der Waals surface area contributed by atoms with Crippen LogP contribution in [0.4, 0.5) is 11.4 Å². The van der Waals surface area contributed by atoms with Crippen LogP contribution in [0.3, 0.4) is 0 Å². The molecule has 1 heterocycles. The van der Waals surface area contributed by atoms with Gasteiger partial charge in [0.2, 0.25) is 0 Å². The summed E-state index contributed by atoms with van der Waals surface area (Å²) in [5, 5.41) is 3.15. The highest BCUT2D eigenvalue weighted by Crippen LogP contribution is 2.14. The van der Waals surface area contributed by atoms with Crippen LogP contribution in [0.5, 0.6) is 0 Å². The van der Waals surface area contributed by atoms with Gasteiger partial charge in [0.05, 0.1) is 17.6 Å². The standard InChI is InChI=1S/C9H13N3/c1-7(2)5-12-9-3-4-11-6-8(9)10/h3-4,6H,1,5,10H2,2H3,(H,11,12). The fourth-order valence-corrected chi connectivity index (χ4v) is 0.814. The second-order valence-corrected chi connectivity index (χ2v) is 2.77. The number of pyridine rings is 1. The summed E-state index contributed by atoms with van der Waals surface area (Å²) in [6.45, 7) is 6.49. The van der Waals surface area contributed by atoms with Gasteiger partial charge in [-0.15, -0.1) is 0 Å². The van der Waals surface area contributed by atoms with Gasteiger partial charge in [-0.25, -0.2) is 0 Å². The molecule has 0 saturated carbocycles. The summed E-state index contributed by atoms with van der Waals surface area (Å²) in [5.41, 5.74) is 8.30. The van der Waals surface area contributed by atoms with E-state index in [1.165, 1.54) is 0 Å². The lowest BCUT2D eigenvalue weighted by molar-refractivity contribution is 1.21. The number of nitrogens with one attached hydrogen (secondary N) is 1. The van der Waals surface area contributed by atoms with Gasteiger partial charge in [0.15, 0.2) is 0 Å². The van der Waals surface area contributed by atoms with E-state index in [1.807, 2.05) is 13.0 Å². The van der Waals surface area contributed by atoms with Gasteiger partial charge in [-0.1, -0.05) is 12.2 Å². The monoisotopic (exact) mass is 163 g/mol. The van der Waals surface area contributed by atoms with Gasteiger partial charge in [0.25, 0.3) is 0 Å². The van der Waals surface area contributed by atoms with E-state index in [4.69, 9.17) is 5.73 Å². The number of aromatic nitrogens is 1. The second kappa shape index (κ2) is 3.76. The first kappa shape index (κ1) is 8.59. The first-order chi connectivity index (χ1) is 5.70. The molecule has 0 spiro atoms. The molecule has 0 saturated heterocycles. The van der Waals surface area contributed by atoms with Crippen molar-refractivity contribution in [1.29, 1.82) is 0 Å². The largest absolute Gasteiger partial charge is 0.396 e. The van der Waals surface area contributed by atoms with Crippen LogP contribution in [-0.2, 0) is 0 Å². The molecule has 3 N–H and O–H groups in total. The third kappa shape index (κ3) is 2.27. The van der Waals surface area contributed by atoms with Gasteiger partial charge >= 0.3 is 0 Å². The number of nitrogens with two attached hydrogens (primary N) is 1. The number of rotatable bonds is 3. The molecule has 1 rings (SSSR count). The molecule has 0 bridgehead atoms. The maximum atomic E-state index is 5.65. The quantitative estimate of drug-likeness (QED) is 0.666. The summed E-state index contributed by atoms with van der Waals surface area (Å²) >= 11 is 0. The van der Waals surface area contributed by atoms with E-state index in [0.29, 0.717) is 5.69 Å². The minimum atomic E-state index is 0.666. The van der Waals surface area contributed by atoms with Gasteiger partial charge in [-0.05, 0) is 13.0 Å². The van der Waals surface area contributed by atoms with Gasteiger partial charge in [-0.3, -0.25) is 4.98 Å². The van der Waals surface area contributed by atoms with E-state index < -0.39 is 0 Å². The van der Waals surface area contributed by atoms with Crippen molar-refractivity contribution in [2.75, 3.05) is 17.6 Å². The Morgan fingerprint density at radius 2 is 2.50 bits per heavy atom. The minimum Gasteiger partial charge on any atom is -0.396 e. The normalized spacial score (nSPS) is 9.42. The average Bonchev–Trinajstić information content (AvgIpc) is 2.03. The molecule has 3 heteroatoms. The van der Waals surface area contributed by atoms with E-state index in [0.717, 1.165) is 17.8 Å². The number of nitrogens with zero attached hydrogens (tertiary/aromatic N) is 1. The first-order valence-corrected chi connectivity index (χ1v) is 3.78. The molecule has 0 fully saturated rings. The lowest BCUT2D eigenvalue weighted by Gasteiger charge is -2.07. The Morgan fingerprint density at radius 3 is 3.08 bits per heavy atom. The zero-order valence-electron chi connectivity index (χ0n) is 7.17. The van der Waals surface area contributed by atoms with Crippen LogP contribution in [0.15, 0.2) is 30.6 Å². The zero-order valence-corrected chi connectivity index (χ0v) is 7.17. The van der Waals surface area contributed by atoms with Gasteiger partial charge in [0, 0.05) is 12.7 Å². The van der Waals surface area contributed by atoms with Crippen LogP contribution in [0.25, 0.3) is 0 Å². The Balaban J connectivity index is 2.63. The predicted molar refractivity (Wildman–Crippen MR) is 52.0 cm³/mol. The first-order valence-electron chi connectivity index (χ1n) is 3.78. The van der Waals surface area contributed by atoms with Crippen molar-refractivity contribution in [2.24, 2.45) is 0 Å². The van der Waals surface area contributed by atoms with Gasteiger partial charge in [-0.2, -0.15) is 0 Å². The van der Waals surface area contributed by atoms with Crippen LogP contribution in [0.2, 0.25) is 0 Å². The van der Waals surface area contributed by atoms with Crippen LogP contribution in [-0.4, -0.2) is 11.5 Å². The molecule has 3 nitrogen and oxygen atoms in total. The van der Waals surface area contributed by atoms with Crippen molar-refractivity contribution in [3.8, 4) is 0 Å². The maximum Gasteiger partial charge on any atom is 0.0736 e. The molecule has 64 valence electrons. The summed E-state index contributed by atoms with van der Waals surface area (Å²) < 4.78 is 0. The fraction of sp³-hybridized carbons (Fsp3) is 0.222. The third-order valence-corrected chi connectivity index (χ3v) is 1.43. The number of nitrogen functional groups attached to an aromatic ring is 1. The SMILES string of the molecule is C=C(C)CNc1ccncc1N. The molecule has 0 unspecified atom stereocenters. The summed E-state index contributed by atoms with van der Waals surface area (Å²) in [6, 6.07) is 1.85. The van der Waals surface area contributed by atoms with Crippen molar-refractivity contribution in [2.45, 2.75) is 6.92 Å². The van der Waals surface area contributed by atoms with E-state index in [2.05, 4.69) is 16.9 Å². The second-order valence-electron chi connectivity index (χ2n) is 2.77. The molecule has 1 aromatic rings. The molecular formula is C9H13N3. The molecule has 1 aromatic heterocycles. The Bertz CT molecular complexity index is 281.